The van der Waals surface area contributed by atoms with Gasteiger partial charge >= 0.3 is 0 Å². The summed E-state index contributed by atoms with van der Waals surface area (Å²) in [6.07, 6.45) is -40.5. The average Bonchev–Trinajstić information content (AvgIpc) is 3.21. The maximum absolute atomic E-state index is 12.6. The molecular weight excluding hydrogens is 836 g/mol. The molecular formula is C34H58N2O25. The van der Waals surface area contributed by atoms with Gasteiger partial charge in [0.05, 0.1) is 32.5 Å². The topological polar surface area (TPSA) is 424 Å². The Kier molecular flexibility index (Phi) is 17.5. The molecule has 5 fully saturated rings. The van der Waals surface area contributed by atoms with Gasteiger partial charge in [-0.05, 0) is 6.92 Å². The lowest BCUT2D eigenvalue weighted by atomic mass is 9.94. The van der Waals surface area contributed by atoms with E-state index in [1.165, 1.54) is 6.92 Å². The second-order valence-corrected chi connectivity index (χ2v) is 15.4. The molecule has 27 nitrogen and oxygen atoms in total. The number of hydrogen-bond acceptors (Lipinski definition) is 25. The van der Waals surface area contributed by atoms with Crippen molar-refractivity contribution in [2.24, 2.45) is 0 Å². The lowest BCUT2D eigenvalue weighted by Crippen LogP contribution is -2.69. The first-order valence-corrected chi connectivity index (χ1v) is 19.4. The van der Waals surface area contributed by atoms with Crippen LogP contribution in [0.25, 0.3) is 0 Å². The summed E-state index contributed by atoms with van der Waals surface area (Å²) in [5.41, 5.74) is 0. The molecule has 27 heteroatoms. The summed E-state index contributed by atoms with van der Waals surface area (Å²) in [5, 5.41) is 152. The molecule has 0 aromatic rings. The number of aliphatic hydroxyl groups excluding tert-OH is 14. The van der Waals surface area contributed by atoms with Gasteiger partial charge in [0.2, 0.25) is 11.8 Å². The average molecular weight is 895 g/mol. The Morgan fingerprint density at radius 2 is 0.885 bits per heavy atom. The SMILES string of the molecule is CC(=O)N[C@@H]1[C@@H](OC2O[C@H](CO)[C@H](O)[C@H](O)[C@H]2O)[C@@H](O)[C@@H](COC2O[C@H](CO)[C@@H](O)[C@H](O[C@@H]3O[C@H](CO)[C@H](O)[C@H](O)[C@H]3O[C@@H]3O[C@@H](C)[C@@H](O)[C@@H](O)[C@@H]3O)[C@H]2NC(C)=O)O[C@@H]1O. The molecule has 0 aliphatic carbocycles. The van der Waals surface area contributed by atoms with Crippen molar-refractivity contribution in [3.63, 3.8) is 0 Å². The third kappa shape index (κ3) is 10.9. The molecule has 0 spiro atoms. The molecule has 5 aliphatic heterocycles. The molecule has 0 bridgehead atoms. The van der Waals surface area contributed by atoms with Crippen LogP contribution in [0.15, 0.2) is 0 Å². The number of rotatable bonds is 14. The highest BCUT2D eigenvalue weighted by Crippen LogP contribution is 2.35. The summed E-state index contributed by atoms with van der Waals surface area (Å²) in [6.45, 7) is 0.0210. The second kappa shape index (κ2) is 21.3. The third-order valence-electron chi connectivity index (χ3n) is 11.1. The van der Waals surface area contributed by atoms with Crippen molar-refractivity contribution in [3.8, 4) is 0 Å². The lowest BCUT2D eigenvalue weighted by molar-refractivity contribution is -0.382. The van der Waals surface area contributed by atoms with Crippen molar-refractivity contribution in [1.29, 1.82) is 0 Å². The summed E-state index contributed by atoms with van der Waals surface area (Å²) < 4.78 is 51.3. The van der Waals surface area contributed by atoms with Crippen LogP contribution in [0, 0.1) is 0 Å². The molecule has 0 radical (unpaired) electrons. The maximum Gasteiger partial charge on any atom is 0.217 e. The lowest BCUT2D eigenvalue weighted by Gasteiger charge is -2.49. The summed E-state index contributed by atoms with van der Waals surface area (Å²) in [7, 11) is 0. The monoisotopic (exact) mass is 894 g/mol. The van der Waals surface area contributed by atoms with Gasteiger partial charge in [-0.3, -0.25) is 9.59 Å². The predicted molar refractivity (Wildman–Crippen MR) is 188 cm³/mol. The fourth-order valence-corrected chi connectivity index (χ4v) is 7.65. The van der Waals surface area contributed by atoms with Gasteiger partial charge in [0, 0.05) is 13.8 Å². The molecule has 2 amide bonds. The Bertz CT molecular complexity index is 1420. The van der Waals surface area contributed by atoms with E-state index in [1.54, 1.807) is 0 Å². The molecule has 5 saturated heterocycles. The van der Waals surface area contributed by atoms with Crippen LogP contribution >= 0.6 is 0 Å². The Morgan fingerprint density at radius 3 is 1.46 bits per heavy atom. The summed E-state index contributed by atoms with van der Waals surface area (Å²) in [6, 6.07) is -3.18. The van der Waals surface area contributed by atoms with E-state index >= 15 is 0 Å². The molecule has 0 saturated carbocycles. The number of carbonyl (C=O) groups excluding carboxylic acids is 2. The third-order valence-corrected chi connectivity index (χ3v) is 11.1. The number of ether oxygens (including phenoxy) is 9. The molecule has 5 rings (SSSR count). The minimum Gasteiger partial charge on any atom is -0.394 e. The number of hydrogen-bond donors (Lipinski definition) is 16. The molecule has 0 aromatic carbocycles. The first-order chi connectivity index (χ1) is 28.7. The minimum absolute atomic E-state index is 0.735. The summed E-state index contributed by atoms with van der Waals surface area (Å²) in [4.78, 5) is 24.7. The molecule has 16 N–H and O–H groups in total. The number of carbonyl (C=O) groups is 2. The molecule has 5 aliphatic rings. The van der Waals surface area contributed by atoms with Gasteiger partial charge in [0.1, 0.15) is 116 Å². The second-order valence-electron chi connectivity index (χ2n) is 15.4. The zero-order valence-electron chi connectivity index (χ0n) is 33.0. The van der Waals surface area contributed by atoms with Gasteiger partial charge in [0.25, 0.3) is 0 Å². The smallest absolute Gasteiger partial charge is 0.217 e. The van der Waals surface area contributed by atoms with Gasteiger partial charge in [-0.15, -0.1) is 0 Å². The van der Waals surface area contributed by atoms with Crippen LogP contribution in [0.2, 0.25) is 0 Å². The van der Waals surface area contributed by atoms with E-state index in [-0.39, 0.29) is 0 Å². The van der Waals surface area contributed by atoms with E-state index < -0.39 is 192 Å². The predicted octanol–water partition coefficient (Wildman–Crippen LogP) is -10.6. The van der Waals surface area contributed by atoms with Gasteiger partial charge in [-0.25, -0.2) is 0 Å². The van der Waals surface area contributed by atoms with Crippen molar-refractivity contribution in [2.45, 2.75) is 174 Å². The van der Waals surface area contributed by atoms with Crippen LogP contribution in [0.5, 0.6) is 0 Å². The van der Waals surface area contributed by atoms with E-state index in [2.05, 4.69) is 10.6 Å². The highest BCUT2D eigenvalue weighted by atomic mass is 16.8. The number of nitrogens with one attached hydrogen (secondary N) is 2. The van der Waals surface area contributed by atoms with Gasteiger partial charge in [-0.1, -0.05) is 0 Å². The van der Waals surface area contributed by atoms with Crippen molar-refractivity contribution in [1.82, 2.24) is 10.6 Å². The molecule has 354 valence electrons. The van der Waals surface area contributed by atoms with Crippen LogP contribution < -0.4 is 10.6 Å². The zero-order chi connectivity index (χ0) is 45.2. The molecule has 0 aromatic heterocycles. The van der Waals surface area contributed by atoms with Crippen molar-refractivity contribution >= 4 is 11.8 Å². The highest BCUT2D eigenvalue weighted by molar-refractivity contribution is 5.73. The highest BCUT2D eigenvalue weighted by Gasteiger charge is 2.56. The molecule has 2 unspecified atom stereocenters. The first kappa shape index (κ1) is 50.0. The van der Waals surface area contributed by atoms with Crippen LogP contribution in [0.1, 0.15) is 20.8 Å². The van der Waals surface area contributed by atoms with Crippen LogP contribution in [0.3, 0.4) is 0 Å². The van der Waals surface area contributed by atoms with Crippen molar-refractivity contribution < 1.29 is 124 Å². The van der Waals surface area contributed by atoms with E-state index in [0.29, 0.717) is 0 Å². The fraction of sp³-hybridized carbons (Fsp3) is 0.941. The van der Waals surface area contributed by atoms with Crippen molar-refractivity contribution in [3.05, 3.63) is 0 Å². The maximum atomic E-state index is 12.6. The Morgan fingerprint density at radius 1 is 0.459 bits per heavy atom. The summed E-state index contributed by atoms with van der Waals surface area (Å²) >= 11 is 0. The van der Waals surface area contributed by atoms with Gasteiger partial charge in [0.15, 0.2) is 31.5 Å². The van der Waals surface area contributed by atoms with E-state index in [1.807, 2.05) is 0 Å². The Balaban J connectivity index is 1.39. The van der Waals surface area contributed by atoms with Crippen LogP contribution in [-0.2, 0) is 52.2 Å². The van der Waals surface area contributed by atoms with E-state index in [9.17, 15) is 81.1 Å². The van der Waals surface area contributed by atoms with Gasteiger partial charge in [-0.2, -0.15) is 0 Å². The van der Waals surface area contributed by atoms with E-state index in [0.717, 1.165) is 13.8 Å². The first-order valence-electron chi connectivity index (χ1n) is 19.4. The zero-order valence-corrected chi connectivity index (χ0v) is 33.0. The van der Waals surface area contributed by atoms with Crippen LogP contribution in [-0.4, -0.2) is 263 Å². The number of amides is 2. The van der Waals surface area contributed by atoms with Crippen molar-refractivity contribution in [2.75, 3.05) is 26.4 Å². The standard InChI is InChI=1S/C34H58N2O25/c1-8-17(42)22(47)25(50)32(54-8)61-29-24(49)19(44)12(5-38)58-34(29)60-28-16(36-10(3)41)31(56-13(6-39)20(28)45)53-7-14-21(46)27(15(30(52)55-14)35-9(2)40)59-33-26(51)23(48)18(43)11(4-37)57-33/h8,11-34,37-39,42-52H,4-7H2,1-3H3,(H,35,40)(H,36,41)/t8-,11+,12+,13+,14+,15+,16+,17+,18-,19-,20+,21-,22+,23-,24-,25-,26+,27+,28+,29+,30-,31?,32-,33?,34-/m0/s1. The van der Waals surface area contributed by atoms with Gasteiger partial charge < -0.3 is 125 Å². The fourth-order valence-electron chi connectivity index (χ4n) is 7.65. The quantitative estimate of drug-likeness (QED) is 0.0770. The molecule has 5 heterocycles. The largest absolute Gasteiger partial charge is 0.394 e. The molecule has 61 heavy (non-hydrogen) atoms. The molecule has 25 atom stereocenters. The minimum atomic E-state index is -1.99. The Hall–Kier alpha value is -1.98. The van der Waals surface area contributed by atoms with E-state index in [4.69, 9.17) is 42.6 Å². The Labute approximate surface area is 346 Å². The van der Waals surface area contributed by atoms with Crippen LogP contribution in [0.4, 0.5) is 0 Å². The normalized spacial score (nSPS) is 49.6. The number of aliphatic hydroxyl groups is 14. The summed E-state index contributed by atoms with van der Waals surface area (Å²) in [5.74, 6) is -1.51.